The number of imidazole rings is 1. The number of para-hydroxylation sites is 2. The van der Waals surface area contributed by atoms with E-state index in [9.17, 15) is 9.18 Å². The van der Waals surface area contributed by atoms with Crippen molar-refractivity contribution in [3.05, 3.63) is 72.1 Å². The lowest BCUT2D eigenvalue weighted by atomic mass is 10.2. The number of carbonyl (C=O) groups excluding carboxylic acids is 1. The number of benzene rings is 2. The second-order valence-electron chi connectivity index (χ2n) is 6.74. The third-order valence-corrected chi connectivity index (χ3v) is 4.54. The highest BCUT2D eigenvalue weighted by atomic mass is 19.1. The molecule has 0 radical (unpaired) electrons. The van der Waals surface area contributed by atoms with E-state index in [4.69, 9.17) is 9.47 Å². The SMILES string of the molecule is CCOc1ccccc1OCCCC(=O)NCc1ccc(-n2ccnc2C)c(F)c1. The first kappa shape index (κ1) is 21.4. The summed E-state index contributed by atoms with van der Waals surface area (Å²) in [4.78, 5) is 16.2. The molecule has 1 amide bonds. The lowest BCUT2D eigenvalue weighted by Crippen LogP contribution is -2.23. The Morgan fingerprint density at radius 3 is 2.60 bits per heavy atom. The molecule has 1 heterocycles. The predicted octanol–water partition coefficient (Wildman–Crippen LogP) is 4.19. The van der Waals surface area contributed by atoms with Gasteiger partial charge in [0.15, 0.2) is 11.5 Å². The molecule has 6 nitrogen and oxygen atoms in total. The standard InChI is InChI=1S/C23H26FN3O3/c1-3-29-21-7-4-5-8-22(21)30-14-6-9-23(28)26-16-18-10-11-20(19(24)15-18)27-13-12-25-17(27)2/h4-5,7-8,10-13,15H,3,6,9,14,16H2,1-2H3,(H,26,28). The van der Waals surface area contributed by atoms with Gasteiger partial charge in [0.2, 0.25) is 5.91 Å². The van der Waals surface area contributed by atoms with Crippen LogP contribution < -0.4 is 14.8 Å². The normalized spacial score (nSPS) is 10.6. The Labute approximate surface area is 175 Å². The number of hydrogen-bond acceptors (Lipinski definition) is 4. The Balaban J connectivity index is 1.43. The monoisotopic (exact) mass is 411 g/mol. The van der Waals surface area contributed by atoms with E-state index in [2.05, 4.69) is 10.3 Å². The summed E-state index contributed by atoms with van der Waals surface area (Å²) in [6.45, 7) is 4.97. The molecular formula is C23H26FN3O3. The van der Waals surface area contributed by atoms with Crippen LogP contribution in [0.3, 0.4) is 0 Å². The molecule has 7 heteroatoms. The number of aromatic nitrogens is 2. The van der Waals surface area contributed by atoms with Crippen LogP contribution in [0.15, 0.2) is 54.9 Å². The van der Waals surface area contributed by atoms with Crippen molar-refractivity contribution < 1.29 is 18.7 Å². The average Bonchev–Trinajstić information content (AvgIpc) is 3.16. The number of hydrogen-bond donors (Lipinski definition) is 1. The van der Waals surface area contributed by atoms with Crippen LogP contribution in [0.5, 0.6) is 11.5 Å². The zero-order chi connectivity index (χ0) is 21.3. The number of carbonyl (C=O) groups is 1. The number of halogens is 1. The van der Waals surface area contributed by atoms with Gasteiger partial charge in [-0.3, -0.25) is 4.79 Å². The molecule has 0 aliphatic carbocycles. The molecule has 3 rings (SSSR count). The zero-order valence-electron chi connectivity index (χ0n) is 17.2. The van der Waals surface area contributed by atoms with Gasteiger partial charge in [-0.2, -0.15) is 0 Å². The summed E-state index contributed by atoms with van der Waals surface area (Å²) in [5, 5.41) is 2.82. The van der Waals surface area contributed by atoms with Gasteiger partial charge in [-0.15, -0.1) is 0 Å². The van der Waals surface area contributed by atoms with Gasteiger partial charge in [0, 0.05) is 25.4 Å². The van der Waals surface area contributed by atoms with Crippen molar-refractivity contribution >= 4 is 5.91 Å². The first-order chi connectivity index (χ1) is 14.6. The van der Waals surface area contributed by atoms with Gasteiger partial charge in [-0.1, -0.05) is 18.2 Å². The van der Waals surface area contributed by atoms with E-state index in [-0.39, 0.29) is 18.3 Å². The van der Waals surface area contributed by atoms with Crippen LogP contribution in [-0.4, -0.2) is 28.7 Å². The Hall–Kier alpha value is -3.35. The van der Waals surface area contributed by atoms with Gasteiger partial charge in [0.1, 0.15) is 11.6 Å². The first-order valence-corrected chi connectivity index (χ1v) is 9.98. The van der Waals surface area contributed by atoms with Crippen LogP contribution in [0.2, 0.25) is 0 Å². The number of nitrogens with one attached hydrogen (secondary N) is 1. The first-order valence-electron chi connectivity index (χ1n) is 9.98. The molecule has 158 valence electrons. The lowest BCUT2D eigenvalue weighted by Gasteiger charge is -2.12. The Kier molecular flexibility index (Phi) is 7.43. The molecule has 2 aromatic carbocycles. The van der Waals surface area contributed by atoms with Gasteiger partial charge >= 0.3 is 0 Å². The molecule has 0 aliphatic rings. The minimum absolute atomic E-state index is 0.105. The molecule has 0 saturated carbocycles. The number of amides is 1. The molecule has 1 N–H and O–H groups in total. The van der Waals surface area contributed by atoms with Crippen LogP contribution in [0, 0.1) is 12.7 Å². The minimum atomic E-state index is -0.357. The fraction of sp³-hybridized carbons (Fsp3) is 0.304. The smallest absolute Gasteiger partial charge is 0.220 e. The maximum atomic E-state index is 14.4. The van der Waals surface area contributed by atoms with Crippen molar-refractivity contribution in [3.63, 3.8) is 0 Å². The lowest BCUT2D eigenvalue weighted by molar-refractivity contribution is -0.121. The van der Waals surface area contributed by atoms with E-state index in [0.29, 0.717) is 54.6 Å². The predicted molar refractivity (Wildman–Crippen MR) is 112 cm³/mol. The fourth-order valence-electron chi connectivity index (χ4n) is 3.04. The number of ether oxygens (including phenoxy) is 2. The van der Waals surface area contributed by atoms with E-state index in [0.717, 1.165) is 0 Å². The van der Waals surface area contributed by atoms with Gasteiger partial charge < -0.3 is 19.4 Å². The van der Waals surface area contributed by atoms with E-state index in [1.807, 2.05) is 38.1 Å². The molecule has 1 aromatic heterocycles. The topological polar surface area (TPSA) is 65.4 Å². The van der Waals surface area contributed by atoms with E-state index in [1.165, 1.54) is 6.07 Å². The summed E-state index contributed by atoms with van der Waals surface area (Å²) >= 11 is 0. The highest BCUT2D eigenvalue weighted by molar-refractivity contribution is 5.75. The highest BCUT2D eigenvalue weighted by Crippen LogP contribution is 2.26. The van der Waals surface area contributed by atoms with Gasteiger partial charge in [0.05, 0.1) is 18.9 Å². The van der Waals surface area contributed by atoms with Gasteiger partial charge in [0.25, 0.3) is 0 Å². The number of aryl methyl sites for hydroxylation is 1. The third kappa shape index (κ3) is 5.59. The van der Waals surface area contributed by atoms with Crippen molar-refractivity contribution in [2.75, 3.05) is 13.2 Å². The summed E-state index contributed by atoms with van der Waals surface area (Å²) in [6, 6.07) is 12.4. The molecule has 3 aromatic rings. The zero-order valence-corrected chi connectivity index (χ0v) is 17.2. The molecular weight excluding hydrogens is 385 g/mol. The molecule has 0 bridgehead atoms. The largest absolute Gasteiger partial charge is 0.490 e. The number of rotatable bonds is 10. The van der Waals surface area contributed by atoms with Gasteiger partial charge in [-0.25, -0.2) is 9.37 Å². The molecule has 0 atom stereocenters. The van der Waals surface area contributed by atoms with Crippen molar-refractivity contribution in [2.45, 2.75) is 33.2 Å². The summed E-state index contributed by atoms with van der Waals surface area (Å²) < 4.78 is 27.3. The Morgan fingerprint density at radius 2 is 1.93 bits per heavy atom. The third-order valence-electron chi connectivity index (χ3n) is 4.54. The Morgan fingerprint density at radius 1 is 1.17 bits per heavy atom. The summed E-state index contributed by atoms with van der Waals surface area (Å²) in [5.74, 6) is 1.61. The van der Waals surface area contributed by atoms with E-state index >= 15 is 0 Å². The summed E-state index contributed by atoms with van der Waals surface area (Å²) in [6.07, 6.45) is 4.23. The van der Waals surface area contributed by atoms with Crippen molar-refractivity contribution in [1.82, 2.24) is 14.9 Å². The van der Waals surface area contributed by atoms with Gasteiger partial charge in [-0.05, 0) is 50.1 Å². The average molecular weight is 411 g/mol. The molecule has 0 fully saturated rings. The summed E-state index contributed by atoms with van der Waals surface area (Å²) in [7, 11) is 0. The molecule has 0 aliphatic heterocycles. The molecule has 0 saturated heterocycles. The number of nitrogens with zero attached hydrogens (tertiary/aromatic N) is 2. The van der Waals surface area contributed by atoms with E-state index < -0.39 is 0 Å². The minimum Gasteiger partial charge on any atom is -0.490 e. The highest BCUT2D eigenvalue weighted by Gasteiger charge is 2.09. The molecule has 0 spiro atoms. The molecule has 30 heavy (non-hydrogen) atoms. The van der Waals surface area contributed by atoms with Crippen LogP contribution in [0.25, 0.3) is 5.69 Å². The Bertz CT molecular complexity index is 987. The van der Waals surface area contributed by atoms with Crippen molar-refractivity contribution in [2.24, 2.45) is 0 Å². The maximum absolute atomic E-state index is 14.4. The quantitative estimate of drug-likeness (QED) is 0.508. The fourth-order valence-corrected chi connectivity index (χ4v) is 3.04. The molecule has 0 unspecified atom stereocenters. The van der Waals surface area contributed by atoms with Crippen LogP contribution in [-0.2, 0) is 11.3 Å². The van der Waals surface area contributed by atoms with Crippen LogP contribution >= 0.6 is 0 Å². The maximum Gasteiger partial charge on any atom is 0.220 e. The summed E-state index contributed by atoms with van der Waals surface area (Å²) in [5.41, 5.74) is 1.13. The van der Waals surface area contributed by atoms with Crippen LogP contribution in [0.4, 0.5) is 4.39 Å². The second-order valence-corrected chi connectivity index (χ2v) is 6.74. The van der Waals surface area contributed by atoms with Crippen molar-refractivity contribution in [1.29, 1.82) is 0 Å². The van der Waals surface area contributed by atoms with E-state index in [1.54, 1.807) is 29.1 Å². The van der Waals surface area contributed by atoms with Crippen molar-refractivity contribution in [3.8, 4) is 17.2 Å². The second kappa shape index (κ2) is 10.4. The van der Waals surface area contributed by atoms with Crippen LogP contribution in [0.1, 0.15) is 31.2 Å².